The maximum atomic E-state index is 12.6. The van der Waals surface area contributed by atoms with E-state index in [1.54, 1.807) is 36.4 Å². The van der Waals surface area contributed by atoms with Crippen LogP contribution in [0.2, 0.25) is 5.02 Å². The number of halogens is 1. The Morgan fingerprint density at radius 1 is 1.21 bits per heavy atom. The Kier molecular flexibility index (Phi) is 6.97. The lowest BCUT2D eigenvalue weighted by molar-refractivity contribution is -0.124. The predicted molar refractivity (Wildman–Crippen MR) is 116 cm³/mol. The summed E-state index contributed by atoms with van der Waals surface area (Å²) in [7, 11) is 0. The molecular weight excluding hydrogens is 432 g/mol. The second-order valence-corrected chi connectivity index (χ2v) is 7.93. The number of carbonyl (C=O) groups is 3. The monoisotopic (exact) mass is 446 g/mol. The lowest BCUT2D eigenvalue weighted by atomic mass is 10.2. The van der Waals surface area contributed by atoms with Gasteiger partial charge in [-0.2, -0.15) is 0 Å². The van der Waals surface area contributed by atoms with Gasteiger partial charge in [-0.3, -0.25) is 35.1 Å². The minimum absolute atomic E-state index is 0.0286. The zero-order chi connectivity index (χ0) is 20.8. The highest BCUT2D eigenvalue weighted by atomic mass is 35.5. The quantitative estimate of drug-likeness (QED) is 0.417. The van der Waals surface area contributed by atoms with Crippen LogP contribution in [-0.4, -0.2) is 38.5 Å². The summed E-state index contributed by atoms with van der Waals surface area (Å²) < 4.78 is 0.362. The molecule has 1 aromatic heterocycles. The van der Waals surface area contributed by atoms with Crippen molar-refractivity contribution in [1.82, 2.24) is 20.7 Å². The van der Waals surface area contributed by atoms with Crippen molar-refractivity contribution in [3.8, 4) is 0 Å². The van der Waals surface area contributed by atoms with Gasteiger partial charge in [-0.05, 0) is 29.8 Å². The number of pyridine rings is 1. The van der Waals surface area contributed by atoms with E-state index in [2.05, 4.69) is 15.8 Å². The topological polar surface area (TPSA) is 91.4 Å². The van der Waals surface area contributed by atoms with Gasteiger partial charge in [-0.25, -0.2) is 0 Å². The summed E-state index contributed by atoms with van der Waals surface area (Å²) in [5.41, 5.74) is 5.63. The number of carbonyl (C=O) groups excluding carboxylic acids is 3. The van der Waals surface area contributed by atoms with E-state index in [0.29, 0.717) is 25.4 Å². The summed E-state index contributed by atoms with van der Waals surface area (Å²) in [5.74, 6) is -1.22. The summed E-state index contributed by atoms with van der Waals surface area (Å²) >= 11 is 12.5. The number of hydrogen-bond acceptors (Lipinski definition) is 6. The van der Waals surface area contributed by atoms with Gasteiger partial charge in [0.25, 0.3) is 11.8 Å². The number of rotatable bonds is 5. The number of aromatic nitrogens is 1. The SMILES string of the molecule is O=C(CCN1C(=O)/C(=C\c2ccccc2Cl)SC1=S)NNC(=O)c1cccnc1. The Balaban J connectivity index is 1.53. The molecule has 2 heterocycles. The third-order valence-corrected chi connectivity index (χ3v) is 5.59. The van der Waals surface area contributed by atoms with E-state index in [9.17, 15) is 14.4 Å². The fourth-order valence-electron chi connectivity index (χ4n) is 2.40. The summed E-state index contributed by atoms with van der Waals surface area (Å²) in [4.78, 5) is 42.1. The molecule has 0 unspecified atom stereocenters. The third kappa shape index (κ3) is 5.41. The fraction of sp³-hybridized carbons (Fsp3) is 0.105. The van der Waals surface area contributed by atoms with Crippen molar-refractivity contribution in [3.63, 3.8) is 0 Å². The van der Waals surface area contributed by atoms with E-state index in [1.807, 2.05) is 6.07 Å². The van der Waals surface area contributed by atoms with E-state index < -0.39 is 11.8 Å². The number of thioether (sulfide) groups is 1. The molecule has 0 aliphatic carbocycles. The van der Waals surface area contributed by atoms with E-state index in [0.717, 1.165) is 11.8 Å². The van der Waals surface area contributed by atoms with Crippen molar-refractivity contribution in [1.29, 1.82) is 0 Å². The van der Waals surface area contributed by atoms with Crippen LogP contribution in [0.25, 0.3) is 6.08 Å². The van der Waals surface area contributed by atoms with Gasteiger partial charge in [-0.15, -0.1) is 0 Å². The highest BCUT2D eigenvalue weighted by Gasteiger charge is 2.32. The molecule has 1 fully saturated rings. The predicted octanol–water partition coefficient (Wildman–Crippen LogP) is 2.79. The van der Waals surface area contributed by atoms with Crippen molar-refractivity contribution in [2.45, 2.75) is 6.42 Å². The molecule has 148 valence electrons. The molecule has 0 spiro atoms. The first-order valence-electron chi connectivity index (χ1n) is 8.45. The first kappa shape index (κ1) is 21.0. The number of thiocarbonyl (C=S) groups is 1. The maximum Gasteiger partial charge on any atom is 0.271 e. The second kappa shape index (κ2) is 9.64. The van der Waals surface area contributed by atoms with Gasteiger partial charge in [0.2, 0.25) is 5.91 Å². The van der Waals surface area contributed by atoms with Gasteiger partial charge in [0.05, 0.1) is 10.5 Å². The van der Waals surface area contributed by atoms with Crippen molar-refractivity contribution >= 4 is 63.7 Å². The number of nitrogens with zero attached hydrogens (tertiary/aromatic N) is 2. The van der Waals surface area contributed by atoms with Gasteiger partial charge < -0.3 is 0 Å². The minimum atomic E-state index is -0.486. The molecule has 0 radical (unpaired) electrons. The average molecular weight is 447 g/mol. The lowest BCUT2D eigenvalue weighted by Crippen LogP contribution is -2.43. The number of hydrogen-bond donors (Lipinski definition) is 2. The van der Waals surface area contributed by atoms with Gasteiger partial charge in [0.1, 0.15) is 4.32 Å². The molecule has 2 aromatic rings. The zero-order valence-electron chi connectivity index (χ0n) is 14.9. The number of benzene rings is 1. The smallest absolute Gasteiger partial charge is 0.271 e. The molecule has 1 aliphatic rings. The molecule has 7 nitrogen and oxygen atoms in total. The Morgan fingerprint density at radius 2 is 2.00 bits per heavy atom. The van der Waals surface area contributed by atoms with Crippen LogP contribution in [0.3, 0.4) is 0 Å². The number of hydrazine groups is 1. The lowest BCUT2D eigenvalue weighted by Gasteiger charge is -2.14. The van der Waals surface area contributed by atoms with Crippen molar-refractivity contribution in [2.75, 3.05) is 6.54 Å². The maximum absolute atomic E-state index is 12.6. The molecule has 1 aliphatic heterocycles. The Morgan fingerprint density at radius 3 is 2.72 bits per heavy atom. The highest BCUT2D eigenvalue weighted by Crippen LogP contribution is 2.33. The largest absolute Gasteiger partial charge is 0.292 e. The van der Waals surface area contributed by atoms with Gasteiger partial charge in [0, 0.05) is 30.4 Å². The second-order valence-electron chi connectivity index (χ2n) is 5.85. The molecule has 10 heteroatoms. The highest BCUT2D eigenvalue weighted by molar-refractivity contribution is 8.26. The molecule has 0 bridgehead atoms. The Labute approximate surface area is 181 Å². The van der Waals surface area contributed by atoms with Crippen molar-refractivity contribution < 1.29 is 14.4 Å². The first-order valence-corrected chi connectivity index (χ1v) is 10.0. The van der Waals surface area contributed by atoms with E-state index >= 15 is 0 Å². The van der Waals surface area contributed by atoms with Crippen molar-refractivity contribution in [3.05, 3.63) is 69.8 Å². The zero-order valence-corrected chi connectivity index (χ0v) is 17.3. The molecule has 0 atom stereocenters. The summed E-state index contributed by atoms with van der Waals surface area (Å²) in [6, 6.07) is 10.3. The molecule has 3 rings (SSSR count). The van der Waals surface area contributed by atoms with E-state index in [1.165, 1.54) is 17.3 Å². The van der Waals surface area contributed by atoms with Crippen molar-refractivity contribution in [2.24, 2.45) is 0 Å². The van der Waals surface area contributed by atoms with Gasteiger partial charge in [-0.1, -0.05) is 53.8 Å². The molecular formula is C19H15ClN4O3S2. The number of nitrogens with one attached hydrogen (secondary N) is 2. The van der Waals surface area contributed by atoms with Crippen LogP contribution < -0.4 is 10.9 Å². The summed E-state index contributed by atoms with van der Waals surface area (Å²) in [6.45, 7) is 0.0964. The van der Waals surface area contributed by atoms with Crippen LogP contribution in [-0.2, 0) is 9.59 Å². The standard InChI is InChI=1S/C19H15ClN4O3S2/c20-14-6-2-1-4-12(14)10-15-18(27)24(19(28)29-15)9-7-16(25)22-23-17(26)13-5-3-8-21-11-13/h1-6,8,10-11H,7,9H2,(H,22,25)(H,23,26)/b15-10+. The van der Waals surface area contributed by atoms with Crippen LogP contribution in [0.4, 0.5) is 0 Å². The van der Waals surface area contributed by atoms with E-state index in [-0.39, 0.29) is 18.9 Å². The Bertz CT molecular complexity index is 998. The van der Waals surface area contributed by atoms with Crippen LogP contribution in [0.15, 0.2) is 53.7 Å². The van der Waals surface area contributed by atoms with Gasteiger partial charge in [0.15, 0.2) is 0 Å². The number of amides is 3. The van der Waals surface area contributed by atoms with E-state index in [4.69, 9.17) is 23.8 Å². The van der Waals surface area contributed by atoms with Gasteiger partial charge >= 0.3 is 0 Å². The third-order valence-electron chi connectivity index (χ3n) is 3.87. The van der Waals surface area contributed by atoms with Crippen LogP contribution in [0, 0.1) is 0 Å². The molecule has 3 amide bonds. The van der Waals surface area contributed by atoms with Crippen LogP contribution >= 0.6 is 35.6 Å². The molecule has 2 N–H and O–H groups in total. The normalized spacial score (nSPS) is 14.9. The van der Waals surface area contributed by atoms with Crippen LogP contribution in [0.1, 0.15) is 22.3 Å². The Hall–Kier alpha value is -2.75. The molecule has 0 saturated carbocycles. The first-order chi connectivity index (χ1) is 14.0. The molecule has 1 saturated heterocycles. The summed E-state index contributed by atoms with van der Waals surface area (Å²) in [6.07, 6.45) is 4.57. The van der Waals surface area contributed by atoms with Crippen LogP contribution in [0.5, 0.6) is 0 Å². The molecule has 1 aromatic carbocycles. The fourth-order valence-corrected chi connectivity index (χ4v) is 3.89. The summed E-state index contributed by atoms with van der Waals surface area (Å²) in [5, 5.41) is 0.529. The molecule has 29 heavy (non-hydrogen) atoms. The minimum Gasteiger partial charge on any atom is -0.292 e. The average Bonchev–Trinajstić information content (AvgIpc) is 2.99.